The van der Waals surface area contributed by atoms with E-state index in [9.17, 15) is 0 Å². The van der Waals surface area contributed by atoms with Crippen LogP contribution in [0.1, 0.15) is 68.7 Å². The summed E-state index contributed by atoms with van der Waals surface area (Å²) in [5.41, 5.74) is 10.1. The van der Waals surface area contributed by atoms with Gasteiger partial charge < -0.3 is 19.0 Å². The Labute approximate surface area is 301 Å². The van der Waals surface area contributed by atoms with Crippen molar-refractivity contribution in [1.82, 2.24) is 40.4 Å². The third-order valence-corrected chi connectivity index (χ3v) is 8.87. The molecule has 8 rings (SSSR count). The lowest BCUT2D eigenvalue weighted by atomic mass is 10.1. The summed E-state index contributed by atoms with van der Waals surface area (Å²) in [6.07, 6.45) is 14.6. The maximum Gasteiger partial charge on any atom is 0.238 e. The Morgan fingerprint density at radius 2 is 1.42 bits per heavy atom. The number of hydrogen-bond acceptors (Lipinski definition) is 12. The monoisotopic (exact) mass is 750 g/mol. The first-order valence-corrected chi connectivity index (χ1v) is 17.3. The zero-order valence-corrected chi connectivity index (χ0v) is 29.8. The van der Waals surface area contributed by atoms with Gasteiger partial charge in [-0.3, -0.25) is 19.7 Å². The number of pyridine rings is 2. The van der Waals surface area contributed by atoms with Gasteiger partial charge in [0.15, 0.2) is 11.7 Å². The molecule has 3 N–H and O–H groups in total. The first kappa shape index (κ1) is 36.9. The number of aromatic nitrogens is 6. The minimum absolute atomic E-state index is 0. The van der Waals surface area contributed by atoms with Crippen LogP contribution in [0.5, 0.6) is 11.8 Å². The van der Waals surface area contributed by atoms with E-state index < -0.39 is 0 Å². The highest BCUT2D eigenvalue weighted by Crippen LogP contribution is 2.35. The van der Waals surface area contributed by atoms with Crippen LogP contribution in [0.15, 0.2) is 63.8 Å². The average Bonchev–Trinajstić information content (AvgIpc) is 4.03. The van der Waals surface area contributed by atoms with Crippen LogP contribution >= 0.6 is 15.9 Å². The summed E-state index contributed by atoms with van der Waals surface area (Å²) >= 11 is 3.39. The molecule has 2 saturated carbocycles. The van der Waals surface area contributed by atoms with Crippen molar-refractivity contribution in [2.24, 2.45) is 21.8 Å². The molecule has 2 fully saturated rings. The molecular formula is C35H47BrN10O4. The summed E-state index contributed by atoms with van der Waals surface area (Å²) in [5.74, 6) is 4.08. The fraction of sp³-hybridized carbons (Fsp3) is 0.486. The second-order valence-electron chi connectivity index (χ2n) is 12.5. The molecule has 15 heteroatoms. The summed E-state index contributed by atoms with van der Waals surface area (Å²) in [6.45, 7) is 5.16. The van der Waals surface area contributed by atoms with Crippen LogP contribution in [-0.2, 0) is 9.68 Å². The number of hydroxylamine groups is 2. The van der Waals surface area contributed by atoms with Gasteiger partial charge in [-0.05, 0) is 78.7 Å². The number of aromatic amines is 1. The second-order valence-corrected chi connectivity index (χ2v) is 13.4. The number of rotatable bonds is 9. The number of methoxy groups -OCH3 is 2. The lowest BCUT2D eigenvalue weighted by Crippen LogP contribution is -2.36. The van der Waals surface area contributed by atoms with Crippen molar-refractivity contribution in [2.45, 2.75) is 71.9 Å². The van der Waals surface area contributed by atoms with Crippen molar-refractivity contribution in [3.05, 3.63) is 76.6 Å². The quantitative estimate of drug-likeness (QED) is 0.194. The summed E-state index contributed by atoms with van der Waals surface area (Å²) in [5, 5.41) is 0. The number of nitrogens with zero attached hydrogens (tertiary/aromatic N) is 7. The lowest BCUT2D eigenvalue weighted by Gasteiger charge is -2.21. The summed E-state index contributed by atoms with van der Waals surface area (Å²) in [4.78, 5) is 40.2. The Morgan fingerprint density at radius 1 is 0.840 bits per heavy atom. The van der Waals surface area contributed by atoms with E-state index in [1.54, 1.807) is 33.1 Å². The predicted molar refractivity (Wildman–Crippen MR) is 195 cm³/mol. The van der Waals surface area contributed by atoms with Crippen LogP contribution in [0.2, 0.25) is 0 Å². The van der Waals surface area contributed by atoms with Gasteiger partial charge in [-0.25, -0.2) is 30.9 Å². The number of halogens is 1. The van der Waals surface area contributed by atoms with Gasteiger partial charge in [0.1, 0.15) is 17.1 Å². The average molecular weight is 752 g/mol. The molecule has 268 valence electrons. The van der Waals surface area contributed by atoms with Crippen LogP contribution in [-0.4, -0.2) is 80.7 Å². The summed E-state index contributed by atoms with van der Waals surface area (Å²) < 4.78 is 13.4. The van der Waals surface area contributed by atoms with E-state index in [-0.39, 0.29) is 19.5 Å². The number of ether oxygens (including phenoxy) is 2. The topological polar surface area (TPSA) is 158 Å². The van der Waals surface area contributed by atoms with E-state index in [1.165, 1.54) is 25.7 Å². The minimum Gasteiger partial charge on any atom is -0.480 e. The molecule has 6 heterocycles. The predicted octanol–water partition coefficient (Wildman–Crippen LogP) is 5.69. The van der Waals surface area contributed by atoms with E-state index in [0.717, 1.165) is 51.9 Å². The molecular weight excluding hydrogens is 704 g/mol. The fourth-order valence-corrected chi connectivity index (χ4v) is 5.73. The number of H-pyrrole nitrogens is 1. The molecule has 2 aliphatic heterocycles. The Bertz CT molecular complexity index is 1740. The van der Waals surface area contributed by atoms with Crippen LogP contribution < -0.4 is 20.4 Å². The molecule has 0 amide bonds. The second kappa shape index (κ2) is 17.5. The van der Waals surface area contributed by atoms with Gasteiger partial charge in [0.05, 0.1) is 62.3 Å². The Hall–Kier alpha value is -4.34. The number of hydrogen-bond donors (Lipinski definition) is 3. The molecule has 2 unspecified atom stereocenters. The number of aliphatic imine (C=N–C) groups is 2. The van der Waals surface area contributed by atoms with E-state index in [0.29, 0.717) is 42.3 Å². The molecule has 4 aromatic heterocycles. The van der Waals surface area contributed by atoms with Crippen molar-refractivity contribution in [3.8, 4) is 17.4 Å². The van der Waals surface area contributed by atoms with Gasteiger partial charge in [-0.2, -0.15) is 0 Å². The van der Waals surface area contributed by atoms with Crippen molar-refractivity contribution >= 4 is 27.6 Å². The minimum atomic E-state index is 0. The SMILES string of the molecule is C.COc1nc(C2=NC(CC3CC3)CON2)ccc1-n1cnc(C)c1.COc1nc(C2=NC(CC3CC3)CON2)ccc1Br.Cc1cnc[nH]1. The van der Waals surface area contributed by atoms with Crippen LogP contribution in [0, 0.1) is 25.7 Å². The van der Waals surface area contributed by atoms with Gasteiger partial charge in [0.25, 0.3) is 0 Å². The molecule has 0 saturated heterocycles. The standard InChI is InChI=1S/C17H21N5O2.C13H16BrN3O2.C4H6N2.CH4/c1-11-8-22(10-18-11)15-6-5-14(20-17(15)23-2)16-19-13(9-24-21-16)7-12-3-4-12;1-18-13-10(14)4-5-11(16-13)12-15-9(7-19-17-12)6-8-2-3-8;1-4-2-5-3-6-4;/h5-6,8,10,12-13H,3-4,7,9H2,1-2H3,(H,19,21);4-5,8-9H,2-3,6-7H2,1H3,(H,15,17);2-3H,1H3,(H,5,6);1H4. The van der Waals surface area contributed by atoms with E-state index >= 15 is 0 Å². The molecule has 4 aromatic rings. The molecule has 2 atom stereocenters. The molecule has 0 radical (unpaired) electrons. The first-order valence-electron chi connectivity index (χ1n) is 16.5. The number of aryl methyl sites for hydroxylation is 2. The highest BCUT2D eigenvalue weighted by Gasteiger charge is 2.29. The van der Waals surface area contributed by atoms with Gasteiger partial charge >= 0.3 is 0 Å². The van der Waals surface area contributed by atoms with E-state index in [2.05, 4.69) is 56.8 Å². The van der Waals surface area contributed by atoms with Gasteiger partial charge in [0, 0.05) is 18.1 Å². The van der Waals surface area contributed by atoms with Crippen LogP contribution in [0.3, 0.4) is 0 Å². The van der Waals surface area contributed by atoms with Crippen molar-refractivity contribution in [2.75, 3.05) is 27.4 Å². The first-order chi connectivity index (χ1) is 23.9. The normalized spacial score (nSPS) is 19.5. The van der Waals surface area contributed by atoms with Crippen molar-refractivity contribution in [1.29, 1.82) is 0 Å². The zero-order valence-electron chi connectivity index (χ0n) is 28.2. The van der Waals surface area contributed by atoms with E-state index in [4.69, 9.17) is 24.1 Å². The van der Waals surface area contributed by atoms with Crippen molar-refractivity contribution < 1.29 is 19.1 Å². The molecule has 0 bridgehead atoms. The third-order valence-electron chi connectivity index (χ3n) is 8.27. The fourth-order valence-electron chi connectivity index (χ4n) is 5.35. The van der Waals surface area contributed by atoms with E-state index in [1.807, 2.05) is 48.9 Å². The molecule has 50 heavy (non-hydrogen) atoms. The lowest BCUT2D eigenvalue weighted by molar-refractivity contribution is 0.0594. The molecule has 0 spiro atoms. The highest BCUT2D eigenvalue weighted by molar-refractivity contribution is 9.10. The van der Waals surface area contributed by atoms with Crippen LogP contribution in [0.4, 0.5) is 0 Å². The van der Waals surface area contributed by atoms with Gasteiger partial charge in [-0.1, -0.05) is 33.1 Å². The van der Waals surface area contributed by atoms with Crippen molar-refractivity contribution in [3.63, 3.8) is 0 Å². The Kier molecular flexibility index (Phi) is 13.0. The Balaban J connectivity index is 0.000000167. The summed E-state index contributed by atoms with van der Waals surface area (Å²) in [6, 6.07) is 8.11. The van der Waals surface area contributed by atoms with Gasteiger partial charge in [-0.15, -0.1) is 0 Å². The number of imidazole rings is 2. The van der Waals surface area contributed by atoms with Crippen LogP contribution in [0.25, 0.3) is 5.69 Å². The smallest absolute Gasteiger partial charge is 0.238 e. The zero-order chi connectivity index (χ0) is 34.2. The molecule has 2 aliphatic carbocycles. The third kappa shape index (κ3) is 10.3. The number of amidine groups is 2. The molecule has 4 aliphatic rings. The highest BCUT2D eigenvalue weighted by atomic mass is 79.9. The molecule has 0 aromatic carbocycles. The maximum atomic E-state index is 5.49. The molecule has 14 nitrogen and oxygen atoms in total. The Morgan fingerprint density at radius 3 is 1.88 bits per heavy atom. The largest absolute Gasteiger partial charge is 0.480 e. The maximum absolute atomic E-state index is 5.49. The number of nitrogens with one attached hydrogen (secondary N) is 3. The summed E-state index contributed by atoms with van der Waals surface area (Å²) in [7, 11) is 3.21. The van der Waals surface area contributed by atoms with Gasteiger partial charge in [0.2, 0.25) is 11.8 Å².